The van der Waals surface area contributed by atoms with Crippen LogP contribution in [0, 0.1) is 0 Å². The Morgan fingerprint density at radius 1 is 1.60 bits per heavy atom. The van der Waals surface area contributed by atoms with E-state index in [1.165, 1.54) is 17.4 Å². The van der Waals surface area contributed by atoms with Crippen molar-refractivity contribution in [2.45, 2.75) is 4.90 Å². The second-order valence-corrected chi connectivity index (χ2v) is 5.16. The molecule has 1 N–H and O–H groups in total. The van der Waals surface area contributed by atoms with Crippen LogP contribution in [-0.2, 0) is 10.1 Å². The van der Waals surface area contributed by atoms with E-state index >= 15 is 0 Å². The number of rotatable bonds is 1. The van der Waals surface area contributed by atoms with Crippen molar-refractivity contribution < 1.29 is 13.0 Å². The Balaban J connectivity index is 3.32. The molecule has 0 amide bonds. The van der Waals surface area contributed by atoms with E-state index in [0.29, 0.717) is 3.79 Å². The summed E-state index contributed by atoms with van der Waals surface area (Å²) in [6.45, 7) is 0. The smallest absolute Gasteiger partial charge is 0.282 e. The maximum absolute atomic E-state index is 10.4. The molecule has 1 aromatic heterocycles. The summed E-state index contributed by atoms with van der Waals surface area (Å²) < 4.78 is 29.8. The van der Waals surface area contributed by atoms with Gasteiger partial charge in [0.05, 0.1) is 3.79 Å². The highest BCUT2D eigenvalue weighted by molar-refractivity contribution is 9.11. The molecule has 10 heavy (non-hydrogen) atoms. The summed E-state index contributed by atoms with van der Waals surface area (Å²) in [5.74, 6) is 0. The van der Waals surface area contributed by atoms with Gasteiger partial charge in [-0.25, -0.2) is 0 Å². The summed E-state index contributed by atoms with van der Waals surface area (Å²) in [5.41, 5.74) is 0. The summed E-state index contributed by atoms with van der Waals surface area (Å²) in [6.07, 6.45) is 0. The molecule has 0 unspecified atom stereocenters. The first-order valence-electron chi connectivity index (χ1n) is 2.22. The van der Waals surface area contributed by atoms with Crippen molar-refractivity contribution in [1.29, 1.82) is 0 Å². The molecule has 0 radical (unpaired) electrons. The molecule has 56 valence electrons. The van der Waals surface area contributed by atoms with Gasteiger partial charge < -0.3 is 0 Å². The van der Waals surface area contributed by atoms with Gasteiger partial charge in [-0.2, -0.15) is 8.42 Å². The Hall–Kier alpha value is 0.0900. The van der Waals surface area contributed by atoms with Gasteiger partial charge in [0.15, 0.2) is 0 Å². The molecule has 0 aliphatic carbocycles. The lowest BCUT2D eigenvalue weighted by atomic mass is 10.7. The van der Waals surface area contributed by atoms with E-state index in [1.807, 2.05) is 0 Å². The summed E-state index contributed by atoms with van der Waals surface area (Å²) >= 11 is 4.19. The molecule has 1 rings (SSSR count). The van der Waals surface area contributed by atoms with E-state index in [4.69, 9.17) is 4.55 Å². The zero-order valence-corrected chi connectivity index (χ0v) is 7.83. The molecule has 0 aliphatic heterocycles. The fourth-order valence-corrected chi connectivity index (χ4v) is 3.03. The van der Waals surface area contributed by atoms with Gasteiger partial charge in [0.25, 0.3) is 10.1 Å². The van der Waals surface area contributed by atoms with Gasteiger partial charge in [0.2, 0.25) is 0 Å². The largest absolute Gasteiger partial charge is 0.296 e. The third-order valence-electron chi connectivity index (χ3n) is 0.863. The molecular weight excluding hydrogens is 240 g/mol. The summed E-state index contributed by atoms with van der Waals surface area (Å²) in [4.78, 5) is -0.0718. The van der Waals surface area contributed by atoms with Crippen LogP contribution in [0.25, 0.3) is 0 Å². The van der Waals surface area contributed by atoms with E-state index in [1.54, 1.807) is 5.38 Å². The van der Waals surface area contributed by atoms with Crippen molar-refractivity contribution in [1.82, 2.24) is 0 Å². The molecule has 1 aromatic rings. The lowest BCUT2D eigenvalue weighted by molar-refractivity contribution is 0.483. The maximum Gasteiger partial charge on any atom is 0.296 e. The fraction of sp³-hybridized carbons (Fsp3) is 0. The average Bonchev–Trinajstić information content (AvgIpc) is 2.11. The highest BCUT2D eigenvalue weighted by atomic mass is 79.9. The normalized spacial score (nSPS) is 11.8. The first-order chi connectivity index (χ1) is 4.52. The molecule has 0 aliphatic rings. The van der Waals surface area contributed by atoms with Crippen LogP contribution in [0.15, 0.2) is 20.1 Å². The van der Waals surface area contributed by atoms with Gasteiger partial charge in [-0.1, -0.05) is 0 Å². The first kappa shape index (κ1) is 8.19. The van der Waals surface area contributed by atoms with Gasteiger partial charge in [-0.3, -0.25) is 4.55 Å². The Bertz CT molecular complexity index is 326. The van der Waals surface area contributed by atoms with Crippen molar-refractivity contribution in [2.75, 3.05) is 0 Å². The molecule has 0 fully saturated rings. The van der Waals surface area contributed by atoms with Gasteiger partial charge in [0, 0.05) is 0 Å². The predicted molar refractivity (Wildman–Crippen MR) is 41.8 cm³/mol. The average molecular weight is 243 g/mol. The van der Waals surface area contributed by atoms with E-state index in [-0.39, 0.29) is 4.90 Å². The third kappa shape index (κ3) is 1.57. The Kier molecular flexibility index (Phi) is 2.14. The fourth-order valence-electron chi connectivity index (χ4n) is 0.467. The minimum absolute atomic E-state index is 0.0718. The minimum Gasteiger partial charge on any atom is -0.282 e. The van der Waals surface area contributed by atoms with Crippen molar-refractivity contribution in [3.05, 3.63) is 15.2 Å². The van der Waals surface area contributed by atoms with Gasteiger partial charge >= 0.3 is 0 Å². The van der Waals surface area contributed by atoms with Crippen LogP contribution in [0.5, 0.6) is 0 Å². The molecule has 0 bridgehead atoms. The quantitative estimate of drug-likeness (QED) is 0.764. The van der Waals surface area contributed by atoms with Crippen LogP contribution in [-0.4, -0.2) is 13.0 Å². The molecular formula is C4H3BrO3S2. The van der Waals surface area contributed by atoms with Gasteiger partial charge in [-0.05, 0) is 27.4 Å². The molecule has 0 spiro atoms. The van der Waals surface area contributed by atoms with E-state index in [0.717, 1.165) is 0 Å². The number of thiophene rings is 1. The van der Waals surface area contributed by atoms with Crippen molar-refractivity contribution in [3.63, 3.8) is 0 Å². The predicted octanol–water partition coefficient (Wildman–Crippen LogP) is 1.76. The lowest BCUT2D eigenvalue weighted by Crippen LogP contribution is -1.95. The van der Waals surface area contributed by atoms with E-state index in [2.05, 4.69) is 15.9 Å². The molecule has 3 nitrogen and oxygen atoms in total. The zero-order chi connectivity index (χ0) is 7.78. The van der Waals surface area contributed by atoms with Crippen molar-refractivity contribution in [2.24, 2.45) is 0 Å². The summed E-state index contributed by atoms with van der Waals surface area (Å²) in [6, 6.07) is 1.34. The lowest BCUT2D eigenvalue weighted by Gasteiger charge is -1.89. The highest BCUT2D eigenvalue weighted by Gasteiger charge is 2.13. The Morgan fingerprint density at radius 2 is 2.20 bits per heavy atom. The Labute approximate surface area is 70.6 Å². The molecule has 0 aromatic carbocycles. The van der Waals surface area contributed by atoms with Gasteiger partial charge in [0.1, 0.15) is 4.90 Å². The molecule has 6 heteroatoms. The number of hydrogen-bond donors (Lipinski definition) is 1. The monoisotopic (exact) mass is 242 g/mol. The molecule has 1 heterocycles. The van der Waals surface area contributed by atoms with Crippen LogP contribution in [0.3, 0.4) is 0 Å². The van der Waals surface area contributed by atoms with Crippen LogP contribution < -0.4 is 0 Å². The molecule has 0 saturated carbocycles. The van der Waals surface area contributed by atoms with Crippen LogP contribution >= 0.6 is 27.3 Å². The highest BCUT2D eigenvalue weighted by Crippen LogP contribution is 2.26. The van der Waals surface area contributed by atoms with E-state index < -0.39 is 10.1 Å². The SMILES string of the molecule is O=S(=O)(O)c1ccsc1Br. The second-order valence-electron chi connectivity index (χ2n) is 1.53. The third-order valence-corrected chi connectivity index (χ3v) is 3.84. The topological polar surface area (TPSA) is 54.4 Å². The Morgan fingerprint density at radius 3 is 2.40 bits per heavy atom. The summed E-state index contributed by atoms with van der Waals surface area (Å²) in [7, 11) is -4.03. The maximum atomic E-state index is 10.4. The minimum atomic E-state index is -4.03. The van der Waals surface area contributed by atoms with Crippen molar-refractivity contribution >= 4 is 37.4 Å². The molecule has 0 saturated heterocycles. The summed E-state index contributed by atoms with van der Waals surface area (Å²) in [5, 5.41) is 1.58. The van der Waals surface area contributed by atoms with Crippen LogP contribution in [0.4, 0.5) is 0 Å². The van der Waals surface area contributed by atoms with Crippen LogP contribution in [0.1, 0.15) is 0 Å². The van der Waals surface area contributed by atoms with Crippen LogP contribution in [0.2, 0.25) is 0 Å². The first-order valence-corrected chi connectivity index (χ1v) is 5.33. The van der Waals surface area contributed by atoms with E-state index in [9.17, 15) is 8.42 Å². The van der Waals surface area contributed by atoms with Crippen molar-refractivity contribution in [3.8, 4) is 0 Å². The van der Waals surface area contributed by atoms with Gasteiger partial charge in [-0.15, -0.1) is 11.3 Å². The zero-order valence-electron chi connectivity index (χ0n) is 4.61. The standard InChI is InChI=1S/C4H3BrO3S2/c5-4-3(1-2-9-4)10(6,7)8/h1-2H,(H,6,7,8). The number of hydrogen-bond acceptors (Lipinski definition) is 3. The molecule has 0 atom stereocenters. The number of halogens is 1. The second kappa shape index (κ2) is 2.61.